The molecule has 0 unspecified atom stereocenters. The van der Waals surface area contributed by atoms with Gasteiger partial charge in [-0.3, -0.25) is 9.69 Å². The number of carbonyl (C=O) groups is 1. The molecule has 2 heterocycles. The van der Waals surface area contributed by atoms with E-state index >= 15 is 0 Å². The Balaban J connectivity index is 1.83. The minimum Gasteiger partial charge on any atom is -0.326 e. The molecule has 0 bridgehead atoms. The zero-order valence-corrected chi connectivity index (χ0v) is 16.4. The molecule has 1 aliphatic heterocycles. The van der Waals surface area contributed by atoms with Crippen LogP contribution in [0.3, 0.4) is 0 Å². The van der Waals surface area contributed by atoms with Crippen LogP contribution in [0.15, 0.2) is 18.2 Å². The average Bonchev–Trinajstić information content (AvgIpc) is 2.98. The fraction of sp³-hybridized carbons (Fsp3) is 0.619. The molecule has 0 spiro atoms. The summed E-state index contributed by atoms with van der Waals surface area (Å²) in [6.45, 7) is 9.76. The number of piperidine rings is 1. The minimum absolute atomic E-state index is 0.0861. The van der Waals surface area contributed by atoms with Crippen LogP contribution in [0.2, 0.25) is 0 Å². The Morgan fingerprint density at radius 1 is 1.23 bits per heavy atom. The molecule has 5 nitrogen and oxygen atoms in total. The topological polar surface area (TPSA) is 50.2 Å². The van der Waals surface area contributed by atoms with Crippen LogP contribution in [0, 0.1) is 0 Å². The van der Waals surface area contributed by atoms with Gasteiger partial charge in [0, 0.05) is 18.2 Å². The van der Waals surface area contributed by atoms with Crippen LogP contribution in [-0.2, 0) is 11.3 Å². The molecule has 5 heteroatoms. The lowest BCUT2D eigenvalue weighted by Crippen LogP contribution is -2.30. The van der Waals surface area contributed by atoms with Crippen LogP contribution in [0.4, 0.5) is 5.69 Å². The normalized spacial score (nSPS) is 15.7. The number of unbranched alkanes of at least 4 members (excludes halogenated alkanes) is 1. The third-order valence-electron chi connectivity index (χ3n) is 5.13. The van der Waals surface area contributed by atoms with E-state index in [1.54, 1.807) is 0 Å². The maximum absolute atomic E-state index is 12.0. The standard InChI is InChI=1S/C21H32N4O/c1-4-5-9-21(26)22-17-10-11-19-18(14-17)23-20(25(19)16(2)3)15-24-12-7-6-8-13-24/h10-11,14,16H,4-9,12-13,15H2,1-3H3,(H,22,26). The lowest BCUT2D eigenvalue weighted by atomic mass is 10.1. The van der Waals surface area contributed by atoms with Crippen molar-refractivity contribution in [3.63, 3.8) is 0 Å². The lowest BCUT2D eigenvalue weighted by molar-refractivity contribution is -0.116. The molecule has 0 atom stereocenters. The predicted molar refractivity (Wildman–Crippen MR) is 107 cm³/mol. The fourth-order valence-electron chi connectivity index (χ4n) is 3.79. The first kappa shape index (κ1) is 18.9. The third kappa shape index (κ3) is 4.44. The van der Waals surface area contributed by atoms with Crippen molar-refractivity contribution in [2.24, 2.45) is 0 Å². The Bertz CT molecular complexity index is 744. The van der Waals surface area contributed by atoms with E-state index in [-0.39, 0.29) is 5.91 Å². The van der Waals surface area contributed by atoms with Crippen LogP contribution in [-0.4, -0.2) is 33.4 Å². The van der Waals surface area contributed by atoms with Crippen LogP contribution in [0.25, 0.3) is 11.0 Å². The van der Waals surface area contributed by atoms with Gasteiger partial charge in [-0.25, -0.2) is 4.98 Å². The van der Waals surface area contributed by atoms with Crippen molar-refractivity contribution in [2.45, 2.75) is 71.9 Å². The number of hydrogen-bond donors (Lipinski definition) is 1. The van der Waals surface area contributed by atoms with Crippen molar-refractivity contribution in [3.05, 3.63) is 24.0 Å². The Kier molecular flexibility index (Phi) is 6.30. The van der Waals surface area contributed by atoms with Gasteiger partial charge in [0.05, 0.1) is 17.6 Å². The van der Waals surface area contributed by atoms with E-state index in [1.165, 1.54) is 32.4 Å². The molecule has 0 saturated carbocycles. The van der Waals surface area contributed by atoms with Gasteiger partial charge >= 0.3 is 0 Å². The van der Waals surface area contributed by atoms with E-state index in [2.05, 4.69) is 41.6 Å². The molecule has 3 rings (SSSR count). The van der Waals surface area contributed by atoms with Gasteiger partial charge in [0.2, 0.25) is 5.91 Å². The molecule has 1 fully saturated rings. The Hall–Kier alpha value is -1.88. The number of anilines is 1. The van der Waals surface area contributed by atoms with Gasteiger partial charge in [-0.2, -0.15) is 0 Å². The van der Waals surface area contributed by atoms with Gasteiger partial charge in [-0.1, -0.05) is 19.8 Å². The number of hydrogen-bond acceptors (Lipinski definition) is 3. The molecule has 1 aromatic heterocycles. The molecule has 0 radical (unpaired) electrons. The van der Waals surface area contributed by atoms with Gasteiger partial charge < -0.3 is 9.88 Å². The second kappa shape index (κ2) is 8.67. The van der Waals surface area contributed by atoms with Gasteiger partial charge in [0.25, 0.3) is 0 Å². The van der Waals surface area contributed by atoms with E-state index in [1.807, 2.05) is 12.1 Å². The van der Waals surface area contributed by atoms with Crippen molar-refractivity contribution in [3.8, 4) is 0 Å². The van der Waals surface area contributed by atoms with Crippen molar-refractivity contribution < 1.29 is 4.79 Å². The van der Waals surface area contributed by atoms with E-state index in [0.29, 0.717) is 12.5 Å². The first-order valence-electron chi connectivity index (χ1n) is 10.1. The van der Waals surface area contributed by atoms with Crippen LogP contribution < -0.4 is 5.32 Å². The monoisotopic (exact) mass is 356 g/mol. The summed E-state index contributed by atoms with van der Waals surface area (Å²) < 4.78 is 2.34. The number of imidazole rings is 1. The number of benzene rings is 1. The lowest BCUT2D eigenvalue weighted by Gasteiger charge is -2.26. The largest absolute Gasteiger partial charge is 0.326 e. The average molecular weight is 357 g/mol. The smallest absolute Gasteiger partial charge is 0.224 e. The highest BCUT2D eigenvalue weighted by molar-refractivity contribution is 5.93. The second-order valence-electron chi connectivity index (χ2n) is 7.68. The molecular weight excluding hydrogens is 324 g/mol. The third-order valence-corrected chi connectivity index (χ3v) is 5.13. The number of nitrogens with zero attached hydrogens (tertiary/aromatic N) is 3. The quantitative estimate of drug-likeness (QED) is 0.780. The Morgan fingerprint density at radius 2 is 2.00 bits per heavy atom. The molecule has 2 aromatic rings. The first-order valence-corrected chi connectivity index (χ1v) is 10.1. The van der Waals surface area contributed by atoms with Gasteiger partial charge in [0.1, 0.15) is 5.82 Å². The summed E-state index contributed by atoms with van der Waals surface area (Å²) in [6, 6.07) is 6.47. The summed E-state index contributed by atoms with van der Waals surface area (Å²) >= 11 is 0. The second-order valence-corrected chi connectivity index (χ2v) is 7.68. The van der Waals surface area contributed by atoms with E-state index in [4.69, 9.17) is 4.98 Å². The highest BCUT2D eigenvalue weighted by Gasteiger charge is 2.18. The zero-order valence-electron chi connectivity index (χ0n) is 16.4. The number of likely N-dealkylation sites (tertiary alicyclic amines) is 1. The summed E-state index contributed by atoms with van der Waals surface area (Å²) in [5.41, 5.74) is 2.97. The number of rotatable bonds is 7. The number of aromatic nitrogens is 2. The summed E-state index contributed by atoms with van der Waals surface area (Å²) in [4.78, 5) is 19.4. The van der Waals surface area contributed by atoms with Crippen molar-refractivity contribution in [1.29, 1.82) is 0 Å². The fourth-order valence-corrected chi connectivity index (χ4v) is 3.79. The van der Waals surface area contributed by atoms with Gasteiger partial charge in [-0.15, -0.1) is 0 Å². The number of nitrogens with one attached hydrogen (secondary N) is 1. The van der Waals surface area contributed by atoms with Crippen LogP contribution in [0.1, 0.15) is 71.2 Å². The highest BCUT2D eigenvalue weighted by Crippen LogP contribution is 2.25. The molecule has 142 valence electrons. The zero-order chi connectivity index (χ0) is 18.5. The first-order chi connectivity index (χ1) is 12.6. The minimum atomic E-state index is 0.0861. The van der Waals surface area contributed by atoms with E-state index in [0.717, 1.165) is 41.9 Å². The molecule has 1 saturated heterocycles. The predicted octanol–water partition coefficient (Wildman–Crippen LogP) is 4.73. The van der Waals surface area contributed by atoms with Crippen molar-refractivity contribution in [2.75, 3.05) is 18.4 Å². The van der Waals surface area contributed by atoms with Crippen LogP contribution in [0.5, 0.6) is 0 Å². The van der Waals surface area contributed by atoms with E-state index < -0.39 is 0 Å². The highest BCUT2D eigenvalue weighted by atomic mass is 16.1. The molecule has 0 aliphatic carbocycles. The van der Waals surface area contributed by atoms with Gasteiger partial charge in [0.15, 0.2) is 0 Å². The summed E-state index contributed by atoms with van der Waals surface area (Å²) in [5.74, 6) is 1.22. The summed E-state index contributed by atoms with van der Waals surface area (Å²) in [7, 11) is 0. The molecule has 1 amide bonds. The van der Waals surface area contributed by atoms with E-state index in [9.17, 15) is 4.79 Å². The van der Waals surface area contributed by atoms with Crippen LogP contribution >= 0.6 is 0 Å². The maximum Gasteiger partial charge on any atom is 0.224 e. The number of fused-ring (bicyclic) bond motifs is 1. The number of carbonyl (C=O) groups excluding carboxylic acids is 1. The molecule has 26 heavy (non-hydrogen) atoms. The molecule has 1 aliphatic rings. The summed E-state index contributed by atoms with van der Waals surface area (Å²) in [5, 5.41) is 3.01. The van der Waals surface area contributed by atoms with Gasteiger partial charge in [-0.05, 0) is 64.4 Å². The molecule has 1 aromatic carbocycles. The molecular formula is C21H32N4O. The Labute approximate surface area is 156 Å². The SMILES string of the molecule is CCCCC(=O)Nc1ccc2c(c1)nc(CN1CCCCC1)n2C(C)C. The maximum atomic E-state index is 12.0. The summed E-state index contributed by atoms with van der Waals surface area (Å²) in [6.07, 6.45) is 6.46. The van der Waals surface area contributed by atoms with Crippen molar-refractivity contribution in [1.82, 2.24) is 14.5 Å². The number of amides is 1. The molecule has 1 N–H and O–H groups in total. The Morgan fingerprint density at radius 3 is 2.69 bits per heavy atom. The van der Waals surface area contributed by atoms with Crippen molar-refractivity contribution >= 4 is 22.6 Å².